The fourth-order valence-electron chi connectivity index (χ4n) is 9.05. The van der Waals surface area contributed by atoms with Crippen LogP contribution in [0.15, 0.2) is 183 Å². The Labute approximate surface area is 678 Å². The molecule has 0 bridgehead atoms. The molecule has 0 amide bonds. The highest BCUT2D eigenvalue weighted by Gasteiger charge is 2.27. The van der Waals surface area contributed by atoms with Crippen LogP contribution in [0.1, 0.15) is 302 Å². The third-order valence-corrected chi connectivity index (χ3v) is 16.6. The molecule has 5 aliphatic heterocycles. The molecule has 21 nitrogen and oxygen atoms in total. The lowest BCUT2D eigenvalue weighted by atomic mass is 9.88. The number of hydrogen-bond acceptors (Lipinski definition) is 22. The number of fused-ring (bicyclic) bond motifs is 1. The minimum atomic E-state index is -0.0174. The summed E-state index contributed by atoms with van der Waals surface area (Å²) in [5.74, 6) is 7.04. The molecule has 1 aromatic carbocycles. The van der Waals surface area contributed by atoms with Crippen molar-refractivity contribution in [3.05, 3.63) is 162 Å². The van der Waals surface area contributed by atoms with Gasteiger partial charge in [-0.2, -0.15) is 10.2 Å². The van der Waals surface area contributed by atoms with Crippen molar-refractivity contribution in [2.45, 2.75) is 300 Å². The third kappa shape index (κ3) is 40.4. The Morgan fingerprint density at radius 3 is 1.20 bits per heavy atom. The summed E-state index contributed by atoms with van der Waals surface area (Å²) in [6, 6.07) is 15.7. The summed E-state index contributed by atoms with van der Waals surface area (Å²) < 4.78 is 36.4. The van der Waals surface area contributed by atoms with Gasteiger partial charge in [0.1, 0.15) is 52.5 Å². The molecule has 0 saturated heterocycles. The van der Waals surface area contributed by atoms with Crippen LogP contribution < -0.4 is 0 Å². The molecule has 13 rings (SSSR count). The predicted molar refractivity (Wildman–Crippen MR) is 467 cm³/mol. The largest absolute Gasteiger partial charge is 0.479 e. The van der Waals surface area contributed by atoms with Gasteiger partial charge in [0.15, 0.2) is 23.3 Å². The van der Waals surface area contributed by atoms with E-state index < -0.39 is 0 Å². The molecule has 7 aromatic heterocycles. The van der Waals surface area contributed by atoms with E-state index in [0.717, 1.165) is 102 Å². The molecule has 0 atom stereocenters. The van der Waals surface area contributed by atoms with E-state index >= 15 is 0 Å². The number of amidine groups is 1. The zero-order chi connectivity index (χ0) is 85.4. The molecule has 622 valence electrons. The number of hydrogen-bond donors (Lipinski definition) is 0. The van der Waals surface area contributed by atoms with E-state index in [4.69, 9.17) is 31.2 Å². The second-order valence-electron chi connectivity index (χ2n) is 39.7. The highest BCUT2D eigenvalue weighted by molar-refractivity contribution is 7.09. The van der Waals surface area contributed by atoms with Gasteiger partial charge in [0, 0.05) is 83.7 Å². The van der Waals surface area contributed by atoms with Crippen molar-refractivity contribution in [2.24, 2.45) is 62.3 Å². The normalized spacial score (nSPS) is 14.7. The van der Waals surface area contributed by atoms with Crippen molar-refractivity contribution in [3.8, 4) is 0 Å². The SMILES string of the molecule is CC(C)(C)C1=CCN=N1.CC(C)(C)C1=NCC=C1.CC(C)(C)C1=NCC=N1.CC(C)(C)C1=NCCC1.CC(C)(C)C1=NCCO1.CC(C)(C)c1ccco1.CC(C)(C)c1ccco1.CC(C)(C)c1nc2ccccc2o1.CC(C)(C)c1ncco1.CC(C)(C)c1ncco1.CC(C)(C)c1nnco1.CC(C)(C)c1nncs1. The number of furan rings is 2. The van der Waals surface area contributed by atoms with Gasteiger partial charge in [-0.3, -0.25) is 20.0 Å². The summed E-state index contributed by atoms with van der Waals surface area (Å²) in [4.78, 5) is 33.7. The predicted octanol–water partition coefficient (Wildman–Crippen LogP) is 25.1. The summed E-state index contributed by atoms with van der Waals surface area (Å²) in [7, 11) is 0. The first-order chi connectivity index (χ1) is 51.2. The molecule has 0 saturated carbocycles. The molecule has 0 N–H and O–H groups in total. The Hall–Kier alpha value is -8.40. The van der Waals surface area contributed by atoms with E-state index in [1.54, 1.807) is 54.3 Å². The van der Waals surface area contributed by atoms with Crippen molar-refractivity contribution in [1.82, 2.24) is 35.3 Å². The molecular formula is C90H144N14O7S. The highest BCUT2D eigenvalue weighted by atomic mass is 32.1. The first kappa shape index (κ1) is 99.7. The first-order valence-electron chi connectivity index (χ1n) is 39.1. The second kappa shape index (κ2) is 43.7. The maximum atomic E-state index is 5.62. The number of benzene rings is 1. The fourth-order valence-corrected chi connectivity index (χ4v) is 9.70. The number of rotatable bonds is 0. The summed E-state index contributed by atoms with van der Waals surface area (Å²) in [6.45, 7) is 81.4. The molecule has 0 spiro atoms. The Kier molecular flexibility index (Phi) is 38.9. The molecule has 12 heterocycles. The Bertz CT molecular complexity index is 3600. The minimum absolute atomic E-state index is 0.0149. The van der Waals surface area contributed by atoms with Crippen LogP contribution in [0, 0.1) is 27.1 Å². The Morgan fingerprint density at radius 1 is 0.420 bits per heavy atom. The molecule has 0 radical (unpaired) electrons. The van der Waals surface area contributed by atoms with Crippen LogP contribution >= 0.6 is 11.3 Å². The number of allylic oxidation sites excluding steroid dienone is 2. The molecule has 0 fully saturated rings. The molecule has 8 aromatic rings. The average Bonchev–Trinajstić information content (AvgIpc) is 1.67. The summed E-state index contributed by atoms with van der Waals surface area (Å²) in [5, 5.41) is 24.0. The molecule has 5 aliphatic rings. The summed E-state index contributed by atoms with van der Waals surface area (Å²) in [5.41, 5.74) is 8.84. The van der Waals surface area contributed by atoms with Gasteiger partial charge in [-0.25, -0.2) is 19.9 Å². The number of para-hydroxylation sites is 2. The van der Waals surface area contributed by atoms with Gasteiger partial charge in [0.25, 0.3) is 0 Å². The van der Waals surface area contributed by atoms with E-state index in [0.29, 0.717) is 11.3 Å². The van der Waals surface area contributed by atoms with E-state index in [2.05, 4.69) is 317 Å². The van der Waals surface area contributed by atoms with Gasteiger partial charge >= 0.3 is 0 Å². The number of ether oxygens (including phenoxy) is 1. The zero-order valence-electron chi connectivity index (χ0n) is 75.7. The van der Waals surface area contributed by atoms with Crippen molar-refractivity contribution in [3.63, 3.8) is 0 Å². The van der Waals surface area contributed by atoms with Crippen LogP contribution in [-0.4, -0.2) is 104 Å². The van der Waals surface area contributed by atoms with Crippen molar-refractivity contribution < 1.29 is 31.2 Å². The average molecular weight is 1570 g/mol. The smallest absolute Gasteiger partial charge is 0.221 e. The van der Waals surface area contributed by atoms with Gasteiger partial charge < -0.3 is 31.2 Å². The monoisotopic (exact) mass is 1570 g/mol. The van der Waals surface area contributed by atoms with Crippen LogP contribution in [0.5, 0.6) is 0 Å². The van der Waals surface area contributed by atoms with Crippen LogP contribution in [0.2, 0.25) is 0 Å². The van der Waals surface area contributed by atoms with Crippen molar-refractivity contribution in [1.29, 1.82) is 0 Å². The van der Waals surface area contributed by atoms with Gasteiger partial charge in [0.05, 0.1) is 56.8 Å². The number of oxazole rings is 3. The summed E-state index contributed by atoms with van der Waals surface area (Å²) in [6.07, 6.45) is 21.9. The molecule has 22 heteroatoms. The fraction of sp³-hybridized carbons (Fsp3) is 0.622. The van der Waals surface area contributed by atoms with Gasteiger partial charge in [-0.05, 0) is 66.8 Å². The maximum Gasteiger partial charge on any atom is 0.221 e. The quantitative estimate of drug-likeness (QED) is 0.137. The maximum absolute atomic E-state index is 5.62. The van der Waals surface area contributed by atoms with E-state index in [1.807, 2.05) is 75.5 Å². The number of azo groups is 1. The first-order valence-corrected chi connectivity index (χ1v) is 40.0. The van der Waals surface area contributed by atoms with Crippen LogP contribution in [-0.2, 0) is 42.6 Å². The zero-order valence-corrected chi connectivity index (χ0v) is 76.5. The molecular weight excluding hydrogens is 1420 g/mol. The van der Waals surface area contributed by atoms with E-state index in [9.17, 15) is 0 Å². The number of nitrogens with zero attached hydrogens (tertiary/aromatic N) is 14. The van der Waals surface area contributed by atoms with Crippen LogP contribution in [0.25, 0.3) is 11.1 Å². The molecule has 0 aliphatic carbocycles. The standard InChI is InChI=1S/C11H13NO.C8H15N.C8H13N.2C8H12O.2C7H12N2.C7H13NO.2C7H11NO.C6H10N2O.C6H10N2S/c1-11(2,3)10-12-8-6-4-5-7-9(8)13-10;4*1-8(2,3)7-5-4-6-9-7;1-7(2,3)6-8-4-5-9-6;1-7(2,3)6-4-5-8-9-6;3*1-7(2,3)6-8-4-5-9-6;2*1-6(2,3)5-8-7-4-9-5/h4-7H,1-3H3;4-6H2,1-3H3;4-5H,6H2,1-3H3;2*4-6H,1-3H3;2*4H,5H2,1-3H3;4-5H2,1-3H3;2*4-5H,1-3H3;2*4H,1-3H3. The molecule has 112 heavy (non-hydrogen) atoms. The number of aliphatic imine (C=N–C) groups is 5. The number of aromatic nitrogens is 7. The highest BCUT2D eigenvalue weighted by Crippen LogP contribution is 2.31. The van der Waals surface area contributed by atoms with E-state index in [1.165, 1.54) is 30.7 Å². The van der Waals surface area contributed by atoms with Gasteiger partial charge in [0.2, 0.25) is 18.2 Å². The lowest BCUT2D eigenvalue weighted by Gasteiger charge is -2.17. The van der Waals surface area contributed by atoms with Gasteiger partial charge in [-0.1, -0.05) is 267 Å². The topological polar surface area (TPSA) is 265 Å². The lowest BCUT2D eigenvalue weighted by molar-refractivity contribution is 0.302. The van der Waals surface area contributed by atoms with Crippen molar-refractivity contribution in [2.75, 3.05) is 39.3 Å². The van der Waals surface area contributed by atoms with Crippen LogP contribution in [0.3, 0.4) is 0 Å². The lowest BCUT2D eigenvalue weighted by Crippen LogP contribution is -2.20. The van der Waals surface area contributed by atoms with E-state index in [-0.39, 0.29) is 59.6 Å². The Balaban J connectivity index is 0.000000415. The molecule has 0 unspecified atom stereocenters. The minimum Gasteiger partial charge on any atom is -0.479 e. The Morgan fingerprint density at radius 2 is 0.964 bits per heavy atom. The summed E-state index contributed by atoms with van der Waals surface area (Å²) >= 11 is 1.61. The third-order valence-electron chi connectivity index (χ3n) is 15.5. The van der Waals surface area contributed by atoms with Crippen LogP contribution in [0.4, 0.5) is 0 Å². The van der Waals surface area contributed by atoms with Crippen molar-refractivity contribution >= 4 is 51.8 Å². The van der Waals surface area contributed by atoms with Gasteiger partial charge in [-0.15, -0.1) is 31.7 Å². The second-order valence-corrected chi connectivity index (χ2v) is 40.5.